The molecule has 0 spiro atoms. The van der Waals surface area contributed by atoms with Crippen LogP contribution in [0.25, 0.3) is 0 Å². The second-order valence-electron chi connectivity index (χ2n) is 14.7. The smallest absolute Gasteiger partial charge is 0.137 e. The van der Waals surface area contributed by atoms with E-state index in [0.29, 0.717) is 34.9 Å². The summed E-state index contributed by atoms with van der Waals surface area (Å²) in [6, 6.07) is 0. The lowest BCUT2D eigenvalue weighted by Gasteiger charge is -2.72. The molecule has 0 unspecified atom stereocenters. The van der Waals surface area contributed by atoms with Gasteiger partial charge in [0.05, 0.1) is 6.10 Å². The molecular weight excluding hydrogens is 392 g/mol. The molecule has 5 aliphatic rings. The van der Waals surface area contributed by atoms with Gasteiger partial charge < -0.3 is 5.11 Å². The molecule has 5 saturated carbocycles. The van der Waals surface area contributed by atoms with Crippen molar-refractivity contribution < 1.29 is 9.90 Å². The molecular formula is C30H48O2. The molecule has 2 heteroatoms. The maximum absolute atomic E-state index is 14.2. The van der Waals surface area contributed by atoms with E-state index in [1.807, 2.05) is 0 Å². The number of aliphatic hydroxyl groups is 1. The van der Waals surface area contributed by atoms with Crippen LogP contribution in [0.15, 0.2) is 12.2 Å². The first-order chi connectivity index (χ1) is 14.7. The van der Waals surface area contributed by atoms with E-state index in [0.717, 1.165) is 19.3 Å². The van der Waals surface area contributed by atoms with Gasteiger partial charge in [0.1, 0.15) is 5.78 Å². The molecule has 2 nitrogen and oxygen atoms in total. The van der Waals surface area contributed by atoms with Gasteiger partial charge in [0, 0.05) is 12.3 Å². The van der Waals surface area contributed by atoms with E-state index in [-0.39, 0.29) is 33.7 Å². The summed E-state index contributed by atoms with van der Waals surface area (Å²) in [6.07, 6.45) is 9.91. The summed E-state index contributed by atoms with van der Waals surface area (Å²) >= 11 is 0. The number of allylic oxidation sites excluding steroid dienone is 1. The molecule has 10 atom stereocenters. The van der Waals surface area contributed by atoms with Gasteiger partial charge in [-0.2, -0.15) is 0 Å². The van der Waals surface area contributed by atoms with Crippen LogP contribution in [0, 0.1) is 56.7 Å². The highest BCUT2D eigenvalue weighted by Crippen LogP contribution is 2.76. The normalized spacial score (nSPS) is 56.6. The van der Waals surface area contributed by atoms with Crippen LogP contribution in [0.3, 0.4) is 0 Å². The second kappa shape index (κ2) is 6.73. The standard InChI is InChI=1S/C30H48O2/c1-18(2)19-9-12-27(5)15-16-30(8)25(24(19)27)20(31)17-22-28(6)13-11-23(32)26(3,4)21(28)10-14-29(22,30)7/h19,21-25,32H,1,9-17H2,2-8H3/t19-,21-,22+,23-,24+,25+,27+,28-,29+,30+/m0/s1. The Morgan fingerprint density at radius 3 is 2.22 bits per heavy atom. The molecule has 32 heavy (non-hydrogen) atoms. The Bertz CT molecular complexity index is 842. The molecule has 0 aromatic carbocycles. The number of fused-ring (bicyclic) bond motifs is 7. The van der Waals surface area contributed by atoms with Crippen LogP contribution in [0.4, 0.5) is 0 Å². The molecule has 5 fully saturated rings. The molecule has 0 bridgehead atoms. The average molecular weight is 441 g/mol. The Morgan fingerprint density at radius 1 is 0.875 bits per heavy atom. The predicted octanol–water partition coefficient (Wildman–Crippen LogP) is 7.20. The van der Waals surface area contributed by atoms with E-state index in [1.165, 1.54) is 44.1 Å². The van der Waals surface area contributed by atoms with Crippen molar-refractivity contribution in [3.8, 4) is 0 Å². The molecule has 0 aliphatic heterocycles. The first-order valence-electron chi connectivity index (χ1n) is 13.6. The van der Waals surface area contributed by atoms with Crippen LogP contribution in [-0.2, 0) is 4.79 Å². The molecule has 0 heterocycles. The average Bonchev–Trinajstić information content (AvgIpc) is 3.05. The summed E-state index contributed by atoms with van der Waals surface area (Å²) in [5.41, 5.74) is 2.01. The number of ketones is 1. The molecule has 0 aromatic rings. The van der Waals surface area contributed by atoms with Gasteiger partial charge in [-0.3, -0.25) is 4.79 Å². The fourth-order valence-electron chi connectivity index (χ4n) is 11.1. The van der Waals surface area contributed by atoms with Crippen LogP contribution in [0.1, 0.15) is 106 Å². The maximum Gasteiger partial charge on any atom is 0.137 e. The fourth-order valence-corrected chi connectivity index (χ4v) is 11.1. The third-order valence-electron chi connectivity index (χ3n) is 13.2. The molecule has 0 saturated heterocycles. The van der Waals surface area contributed by atoms with Crippen LogP contribution in [0.2, 0.25) is 0 Å². The number of hydrogen-bond acceptors (Lipinski definition) is 2. The summed E-state index contributed by atoms with van der Waals surface area (Å²) < 4.78 is 0. The van der Waals surface area contributed by atoms with E-state index in [1.54, 1.807) is 0 Å². The van der Waals surface area contributed by atoms with Crippen molar-refractivity contribution in [2.45, 2.75) is 112 Å². The molecule has 0 radical (unpaired) electrons. The SMILES string of the molecule is C=C(C)[C@@H]1CC[C@]2(C)CC[C@]3(C)[C@H](C(=O)C[C@@H]4[C@@]5(C)CC[C@H](O)C(C)(C)[C@@H]5CC[C@]43C)[C@@H]12. The van der Waals surface area contributed by atoms with E-state index in [2.05, 4.69) is 55.0 Å². The Kier molecular flexibility index (Phi) is 4.87. The number of carbonyl (C=O) groups excluding carboxylic acids is 1. The van der Waals surface area contributed by atoms with E-state index in [4.69, 9.17) is 0 Å². The van der Waals surface area contributed by atoms with Gasteiger partial charge in [0.15, 0.2) is 0 Å². The lowest BCUT2D eigenvalue weighted by atomic mass is 9.32. The first kappa shape index (κ1) is 23.1. The second-order valence-corrected chi connectivity index (χ2v) is 14.7. The van der Waals surface area contributed by atoms with Crippen LogP contribution in [-0.4, -0.2) is 17.0 Å². The quantitative estimate of drug-likeness (QED) is 0.438. The van der Waals surface area contributed by atoms with Gasteiger partial charge >= 0.3 is 0 Å². The zero-order valence-corrected chi connectivity index (χ0v) is 21.9. The van der Waals surface area contributed by atoms with Crippen molar-refractivity contribution in [2.24, 2.45) is 56.7 Å². The third kappa shape index (κ3) is 2.60. The summed E-state index contributed by atoms with van der Waals surface area (Å²) in [7, 11) is 0. The molecule has 0 aromatic heterocycles. The minimum atomic E-state index is -0.210. The van der Waals surface area contributed by atoms with Gasteiger partial charge in [-0.15, -0.1) is 0 Å². The molecule has 1 N–H and O–H groups in total. The monoisotopic (exact) mass is 440 g/mol. The minimum absolute atomic E-state index is 0.0588. The van der Waals surface area contributed by atoms with Gasteiger partial charge in [0.2, 0.25) is 0 Å². The lowest BCUT2D eigenvalue weighted by molar-refractivity contribution is -0.238. The van der Waals surface area contributed by atoms with Crippen LogP contribution in [0.5, 0.6) is 0 Å². The van der Waals surface area contributed by atoms with Crippen molar-refractivity contribution in [1.82, 2.24) is 0 Å². The highest BCUT2D eigenvalue weighted by molar-refractivity contribution is 5.84. The molecule has 180 valence electrons. The van der Waals surface area contributed by atoms with Crippen molar-refractivity contribution in [3.05, 3.63) is 12.2 Å². The van der Waals surface area contributed by atoms with Gasteiger partial charge in [0.25, 0.3) is 0 Å². The van der Waals surface area contributed by atoms with Crippen LogP contribution < -0.4 is 0 Å². The van der Waals surface area contributed by atoms with Crippen molar-refractivity contribution >= 4 is 5.78 Å². The van der Waals surface area contributed by atoms with Crippen molar-refractivity contribution in [1.29, 1.82) is 0 Å². The zero-order valence-electron chi connectivity index (χ0n) is 21.9. The Balaban J connectivity index is 1.59. The number of hydrogen-bond donors (Lipinski definition) is 1. The topological polar surface area (TPSA) is 37.3 Å². The summed E-state index contributed by atoms with van der Waals surface area (Å²) in [5, 5.41) is 10.9. The summed E-state index contributed by atoms with van der Waals surface area (Å²) in [5.74, 6) is 2.74. The largest absolute Gasteiger partial charge is 0.393 e. The molecule has 5 rings (SSSR count). The van der Waals surface area contributed by atoms with Crippen LogP contribution >= 0.6 is 0 Å². The summed E-state index contributed by atoms with van der Waals surface area (Å²) in [6.45, 7) is 21.3. The fraction of sp³-hybridized carbons (Fsp3) is 0.900. The van der Waals surface area contributed by atoms with Gasteiger partial charge in [-0.25, -0.2) is 0 Å². The number of Topliss-reactive ketones (excluding diaryl/α,β-unsaturated/α-hetero) is 1. The highest BCUT2D eigenvalue weighted by Gasteiger charge is 2.72. The third-order valence-corrected chi connectivity index (χ3v) is 13.2. The molecule has 5 aliphatic carbocycles. The van der Waals surface area contributed by atoms with Gasteiger partial charge in [-0.05, 0) is 109 Å². The minimum Gasteiger partial charge on any atom is -0.393 e. The Hall–Kier alpha value is -0.630. The highest BCUT2D eigenvalue weighted by atomic mass is 16.3. The summed E-state index contributed by atoms with van der Waals surface area (Å²) in [4.78, 5) is 14.2. The number of aliphatic hydroxyl groups excluding tert-OH is 1. The van der Waals surface area contributed by atoms with Gasteiger partial charge in [-0.1, -0.05) is 53.7 Å². The maximum atomic E-state index is 14.2. The Labute approximate surface area is 197 Å². The number of rotatable bonds is 1. The Morgan fingerprint density at radius 2 is 1.56 bits per heavy atom. The zero-order chi connectivity index (χ0) is 23.5. The van der Waals surface area contributed by atoms with E-state index >= 15 is 0 Å². The van der Waals surface area contributed by atoms with Crippen molar-refractivity contribution in [3.63, 3.8) is 0 Å². The van der Waals surface area contributed by atoms with Crippen molar-refractivity contribution in [2.75, 3.05) is 0 Å². The van der Waals surface area contributed by atoms with E-state index in [9.17, 15) is 9.90 Å². The number of carbonyl (C=O) groups is 1. The predicted molar refractivity (Wildman–Crippen MR) is 131 cm³/mol. The first-order valence-corrected chi connectivity index (χ1v) is 13.6. The lowest BCUT2D eigenvalue weighted by Crippen LogP contribution is -2.68. The molecule has 0 amide bonds. The van der Waals surface area contributed by atoms with E-state index < -0.39 is 0 Å².